The summed E-state index contributed by atoms with van der Waals surface area (Å²) in [6.07, 6.45) is 7.92. The fourth-order valence-corrected chi connectivity index (χ4v) is 2.54. The van der Waals surface area contributed by atoms with E-state index in [1.54, 1.807) is 0 Å². The van der Waals surface area contributed by atoms with Crippen LogP contribution >= 0.6 is 0 Å². The van der Waals surface area contributed by atoms with Gasteiger partial charge in [0.05, 0.1) is 18.3 Å². The molecule has 2 aliphatic rings. The molecule has 1 saturated heterocycles. The van der Waals surface area contributed by atoms with E-state index >= 15 is 0 Å². The molecule has 1 aliphatic carbocycles. The van der Waals surface area contributed by atoms with E-state index in [9.17, 15) is 5.11 Å². The zero-order valence-corrected chi connectivity index (χ0v) is 7.59. The first-order valence-corrected chi connectivity index (χ1v) is 5.16. The third-order valence-corrected chi connectivity index (χ3v) is 3.34. The zero-order chi connectivity index (χ0) is 8.44. The van der Waals surface area contributed by atoms with Crippen LogP contribution in [0.3, 0.4) is 0 Å². The fourth-order valence-electron chi connectivity index (χ4n) is 2.54. The second kappa shape index (κ2) is 3.35. The molecular weight excluding hydrogens is 152 g/mol. The third kappa shape index (κ3) is 1.38. The van der Waals surface area contributed by atoms with Gasteiger partial charge in [0.15, 0.2) is 0 Å². The molecule has 70 valence electrons. The Kier molecular flexibility index (Phi) is 2.37. The van der Waals surface area contributed by atoms with Gasteiger partial charge in [0.1, 0.15) is 0 Å². The van der Waals surface area contributed by atoms with E-state index in [2.05, 4.69) is 0 Å². The minimum Gasteiger partial charge on any atom is -0.390 e. The summed E-state index contributed by atoms with van der Waals surface area (Å²) in [4.78, 5) is 0. The molecule has 1 aliphatic heterocycles. The summed E-state index contributed by atoms with van der Waals surface area (Å²) in [7, 11) is 0. The lowest BCUT2D eigenvalue weighted by molar-refractivity contribution is -0.0676. The first-order valence-electron chi connectivity index (χ1n) is 5.16. The van der Waals surface area contributed by atoms with Gasteiger partial charge in [0.2, 0.25) is 0 Å². The lowest BCUT2D eigenvalue weighted by Gasteiger charge is -2.30. The average Bonchev–Trinajstić information content (AvgIpc) is 2.33. The van der Waals surface area contributed by atoms with Crippen LogP contribution in [0.1, 0.15) is 44.9 Å². The van der Waals surface area contributed by atoms with Crippen molar-refractivity contribution in [2.24, 2.45) is 0 Å². The maximum Gasteiger partial charge on any atom is 0.0941 e. The molecule has 1 heterocycles. The summed E-state index contributed by atoms with van der Waals surface area (Å²) in [5.41, 5.74) is -0.128. The lowest BCUT2D eigenvalue weighted by atomic mass is 9.89. The molecule has 1 saturated carbocycles. The number of ether oxygens (including phenoxy) is 1. The van der Waals surface area contributed by atoms with Gasteiger partial charge in [-0.25, -0.2) is 0 Å². The highest BCUT2D eigenvalue weighted by atomic mass is 16.5. The summed E-state index contributed by atoms with van der Waals surface area (Å²) in [5, 5.41) is 9.80. The van der Waals surface area contributed by atoms with Gasteiger partial charge >= 0.3 is 0 Å². The van der Waals surface area contributed by atoms with Gasteiger partial charge in [-0.15, -0.1) is 0 Å². The second-order valence-electron chi connectivity index (χ2n) is 4.13. The highest BCUT2D eigenvalue weighted by molar-refractivity contribution is 4.93. The monoisotopic (exact) mass is 170 g/mol. The molecule has 0 amide bonds. The Morgan fingerprint density at radius 3 is 2.25 bits per heavy atom. The van der Waals surface area contributed by atoms with Crippen LogP contribution < -0.4 is 0 Å². The van der Waals surface area contributed by atoms with Gasteiger partial charge in [-0.3, -0.25) is 0 Å². The van der Waals surface area contributed by atoms with Crippen molar-refractivity contribution in [1.29, 1.82) is 0 Å². The van der Waals surface area contributed by atoms with Crippen LogP contribution in [-0.2, 0) is 4.74 Å². The molecular formula is C10H18O2. The third-order valence-electron chi connectivity index (χ3n) is 3.34. The number of aliphatic hydroxyl groups excluding tert-OH is 1. The molecule has 2 heteroatoms. The van der Waals surface area contributed by atoms with Crippen LogP contribution in [0.15, 0.2) is 0 Å². The Bertz CT molecular complexity index is 148. The van der Waals surface area contributed by atoms with E-state index < -0.39 is 0 Å². The molecule has 1 unspecified atom stereocenters. The molecule has 0 aromatic rings. The van der Waals surface area contributed by atoms with E-state index in [0.717, 1.165) is 25.9 Å². The van der Waals surface area contributed by atoms with Crippen molar-refractivity contribution in [1.82, 2.24) is 0 Å². The van der Waals surface area contributed by atoms with Gasteiger partial charge in [-0.05, 0) is 19.3 Å². The molecule has 0 aromatic carbocycles. The Hall–Kier alpha value is -0.0800. The topological polar surface area (TPSA) is 29.5 Å². The SMILES string of the molecule is OC1CCOC12CCCCCC2. The fraction of sp³-hybridized carbons (Fsp3) is 1.00. The highest BCUT2D eigenvalue weighted by Gasteiger charge is 2.42. The van der Waals surface area contributed by atoms with E-state index in [0.29, 0.717) is 0 Å². The summed E-state index contributed by atoms with van der Waals surface area (Å²) in [6, 6.07) is 0. The van der Waals surface area contributed by atoms with Crippen LogP contribution in [-0.4, -0.2) is 23.4 Å². The van der Waals surface area contributed by atoms with Crippen molar-refractivity contribution in [3.05, 3.63) is 0 Å². The summed E-state index contributed by atoms with van der Waals surface area (Å²) in [5.74, 6) is 0. The lowest BCUT2D eigenvalue weighted by Crippen LogP contribution is -2.38. The molecule has 2 fully saturated rings. The van der Waals surface area contributed by atoms with Gasteiger partial charge in [-0.2, -0.15) is 0 Å². The quantitative estimate of drug-likeness (QED) is 0.601. The molecule has 0 bridgehead atoms. The van der Waals surface area contributed by atoms with Crippen LogP contribution in [0, 0.1) is 0 Å². The van der Waals surface area contributed by atoms with Gasteiger partial charge in [0.25, 0.3) is 0 Å². The number of hydrogen-bond donors (Lipinski definition) is 1. The largest absolute Gasteiger partial charge is 0.390 e. The van der Waals surface area contributed by atoms with Crippen molar-refractivity contribution < 1.29 is 9.84 Å². The predicted molar refractivity (Wildman–Crippen MR) is 47.0 cm³/mol. The molecule has 12 heavy (non-hydrogen) atoms. The minimum absolute atomic E-state index is 0.128. The predicted octanol–water partition coefficient (Wildman–Crippen LogP) is 1.86. The maximum atomic E-state index is 9.80. The highest BCUT2D eigenvalue weighted by Crippen LogP contribution is 2.38. The Morgan fingerprint density at radius 1 is 1.08 bits per heavy atom. The first kappa shape index (κ1) is 8.52. The minimum atomic E-state index is -0.185. The van der Waals surface area contributed by atoms with Crippen LogP contribution in [0.4, 0.5) is 0 Å². The van der Waals surface area contributed by atoms with E-state index in [1.807, 2.05) is 0 Å². The van der Waals surface area contributed by atoms with Gasteiger partial charge < -0.3 is 9.84 Å². The Morgan fingerprint density at radius 2 is 1.75 bits per heavy atom. The van der Waals surface area contributed by atoms with Crippen molar-refractivity contribution in [2.45, 2.75) is 56.7 Å². The maximum absolute atomic E-state index is 9.80. The van der Waals surface area contributed by atoms with E-state index in [1.165, 1.54) is 25.7 Å². The van der Waals surface area contributed by atoms with Crippen LogP contribution in [0.2, 0.25) is 0 Å². The number of aliphatic hydroxyl groups is 1. The van der Waals surface area contributed by atoms with Crippen molar-refractivity contribution >= 4 is 0 Å². The first-order chi connectivity index (χ1) is 5.83. The van der Waals surface area contributed by atoms with Crippen molar-refractivity contribution in [3.8, 4) is 0 Å². The molecule has 0 aromatic heterocycles. The molecule has 1 spiro atoms. The van der Waals surface area contributed by atoms with E-state index in [4.69, 9.17) is 4.74 Å². The summed E-state index contributed by atoms with van der Waals surface area (Å²) < 4.78 is 5.72. The summed E-state index contributed by atoms with van der Waals surface area (Å²) in [6.45, 7) is 0.765. The van der Waals surface area contributed by atoms with Crippen LogP contribution in [0.25, 0.3) is 0 Å². The average molecular weight is 170 g/mol. The van der Waals surface area contributed by atoms with E-state index in [-0.39, 0.29) is 11.7 Å². The smallest absolute Gasteiger partial charge is 0.0941 e. The van der Waals surface area contributed by atoms with Crippen molar-refractivity contribution in [3.63, 3.8) is 0 Å². The molecule has 1 atom stereocenters. The standard InChI is InChI=1S/C10H18O2/c11-9-5-8-12-10(9)6-3-1-2-4-7-10/h9,11H,1-8H2. The Balaban J connectivity index is 2.05. The van der Waals surface area contributed by atoms with Crippen LogP contribution in [0.5, 0.6) is 0 Å². The van der Waals surface area contributed by atoms with Gasteiger partial charge in [0, 0.05) is 0 Å². The number of hydrogen-bond acceptors (Lipinski definition) is 2. The zero-order valence-electron chi connectivity index (χ0n) is 7.59. The molecule has 0 radical (unpaired) electrons. The second-order valence-corrected chi connectivity index (χ2v) is 4.13. The van der Waals surface area contributed by atoms with Crippen molar-refractivity contribution in [2.75, 3.05) is 6.61 Å². The molecule has 2 nitrogen and oxygen atoms in total. The number of rotatable bonds is 0. The normalized spacial score (nSPS) is 35.2. The Labute approximate surface area is 73.9 Å². The molecule has 2 rings (SSSR count). The van der Waals surface area contributed by atoms with Gasteiger partial charge in [-0.1, -0.05) is 25.7 Å². The summed E-state index contributed by atoms with van der Waals surface area (Å²) >= 11 is 0. The molecule has 1 N–H and O–H groups in total.